The maximum atomic E-state index is 12.9. The Balaban J connectivity index is 4.04. The summed E-state index contributed by atoms with van der Waals surface area (Å²) >= 11 is 0. The van der Waals surface area contributed by atoms with Gasteiger partial charge >= 0.3 is 17.9 Å². The highest BCUT2D eigenvalue weighted by molar-refractivity contribution is 5.71. The Kier molecular flexibility index (Phi) is 68.0. The van der Waals surface area contributed by atoms with E-state index in [1.54, 1.807) is 0 Å². The third-order valence-corrected chi connectivity index (χ3v) is 17.0. The number of unbranched alkanes of at least 4 members (excludes halogenated alkanes) is 56. The normalized spacial score (nSPS) is 12.0. The molecule has 474 valence electrons. The molecular formula is C74H142O6. The fourth-order valence-corrected chi connectivity index (χ4v) is 11.5. The van der Waals surface area contributed by atoms with Gasteiger partial charge in [-0.05, 0) is 44.9 Å². The topological polar surface area (TPSA) is 78.9 Å². The molecule has 0 aromatic carbocycles. The number of rotatable bonds is 69. The monoisotopic (exact) mass is 1130 g/mol. The van der Waals surface area contributed by atoms with Gasteiger partial charge in [0.15, 0.2) is 6.10 Å². The number of esters is 3. The zero-order valence-electron chi connectivity index (χ0n) is 54.6. The van der Waals surface area contributed by atoms with E-state index in [4.69, 9.17) is 14.2 Å². The van der Waals surface area contributed by atoms with Gasteiger partial charge in [0.05, 0.1) is 0 Å². The predicted molar refractivity (Wildman–Crippen MR) is 349 cm³/mol. The van der Waals surface area contributed by atoms with Crippen molar-refractivity contribution in [3.63, 3.8) is 0 Å². The SMILES string of the molecule is CCCCCCCCCC/C=C\CCCCCCCCCCCCCCCCCCCCCCCC(=O)OCC(COC(=O)CCCCCCCCCCCCC)OC(=O)CCCCCCCCCCCCCCCCCCCC. The van der Waals surface area contributed by atoms with Crippen LogP contribution in [0.4, 0.5) is 0 Å². The number of carbonyl (C=O) groups excluding carboxylic acids is 3. The van der Waals surface area contributed by atoms with Gasteiger partial charge in [0, 0.05) is 19.3 Å². The Hall–Kier alpha value is -1.85. The van der Waals surface area contributed by atoms with Crippen molar-refractivity contribution in [3.8, 4) is 0 Å². The van der Waals surface area contributed by atoms with Crippen molar-refractivity contribution in [2.45, 2.75) is 431 Å². The second-order valence-electron chi connectivity index (χ2n) is 25.2. The summed E-state index contributed by atoms with van der Waals surface area (Å²) in [6.45, 7) is 6.72. The molecule has 0 saturated carbocycles. The Morgan fingerprint density at radius 3 is 0.625 bits per heavy atom. The first-order valence-corrected chi connectivity index (χ1v) is 36.7. The Morgan fingerprint density at radius 2 is 0.412 bits per heavy atom. The van der Waals surface area contributed by atoms with Crippen LogP contribution in [0.2, 0.25) is 0 Å². The van der Waals surface area contributed by atoms with E-state index in [-0.39, 0.29) is 31.1 Å². The standard InChI is InChI=1S/C74H142O6/c1-4-7-10-13-16-19-22-24-26-28-30-31-32-33-34-35-36-37-38-39-40-41-42-43-44-46-47-49-52-55-58-61-64-67-73(76)79-70-71(69-78-72(75)66-63-60-57-54-51-21-18-15-12-9-6-3)80-74(77)68-65-62-59-56-53-50-48-45-29-27-25-23-20-17-14-11-8-5-2/h28,30,71H,4-27,29,31-70H2,1-3H3/b30-28-. The van der Waals surface area contributed by atoms with Crippen molar-refractivity contribution >= 4 is 17.9 Å². The van der Waals surface area contributed by atoms with Crippen LogP contribution in [-0.4, -0.2) is 37.2 Å². The fraction of sp³-hybridized carbons (Fsp3) is 0.932. The van der Waals surface area contributed by atoms with E-state index in [0.717, 1.165) is 57.8 Å². The highest BCUT2D eigenvalue weighted by Gasteiger charge is 2.20. The van der Waals surface area contributed by atoms with Crippen LogP contribution in [0.3, 0.4) is 0 Å². The fourth-order valence-electron chi connectivity index (χ4n) is 11.5. The largest absolute Gasteiger partial charge is 0.462 e. The molecule has 0 saturated heterocycles. The minimum atomic E-state index is -0.764. The Bertz CT molecular complexity index is 1250. The number of allylic oxidation sites excluding steroid dienone is 2. The highest BCUT2D eigenvalue weighted by Crippen LogP contribution is 2.19. The van der Waals surface area contributed by atoms with E-state index in [1.807, 2.05) is 0 Å². The Labute approximate surface area is 501 Å². The van der Waals surface area contributed by atoms with Crippen LogP contribution >= 0.6 is 0 Å². The molecule has 0 spiro atoms. The van der Waals surface area contributed by atoms with Crippen LogP contribution in [0.5, 0.6) is 0 Å². The van der Waals surface area contributed by atoms with Gasteiger partial charge in [-0.25, -0.2) is 0 Å². The molecule has 0 aliphatic heterocycles. The van der Waals surface area contributed by atoms with Gasteiger partial charge in [0.2, 0.25) is 0 Å². The molecule has 0 N–H and O–H groups in total. The number of carbonyl (C=O) groups is 3. The zero-order valence-corrected chi connectivity index (χ0v) is 54.6. The average Bonchev–Trinajstić information content (AvgIpc) is 3.46. The molecular weight excluding hydrogens is 985 g/mol. The third kappa shape index (κ3) is 66.9. The van der Waals surface area contributed by atoms with Crippen molar-refractivity contribution in [2.24, 2.45) is 0 Å². The van der Waals surface area contributed by atoms with Crippen molar-refractivity contribution in [2.75, 3.05) is 13.2 Å². The lowest BCUT2D eigenvalue weighted by atomic mass is 10.0. The minimum absolute atomic E-state index is 0.0618. The first kappa shape index (κ1) is 78.1. The van der Waals surface area contributed by atoms with Crippen LogP contribution in [0.25, 0.3) is 0 Å². The lowest BCUT2D eigenvalue weighted by molar-refractivity contribution is -0.167. The predicted octanol–water partition coefficient (Wildman–Crippen LogP) is 25.2. The molecule has 0 radical (unpaired) electrons. The molecule has 0 aromatic rings. The molecule has 0 fully saturated rings. The first-order chi connectivity index (χ1) is 39.5. The van der Waals surface area contributed by atoms with Crippen LogP contribution < -0.4 is 0 Å². The quantitative estimate of drug-likeness (QED) is 0.0261. The molecule has 1 unspecified atom stereocenters. The molecule has 6 nitrogen and oxygen atoms in total. The number of hydrogen-bond acceptors (Lipinski definition) is 6. The Morgan fingerprint density at radius 1 is 0.237 bits per heavy atom. The van der Waals surface area contributed by atoms with Crippen LogP contribution in [0.15, 0.2) is 12.2 Å². The van der Waals surface area contributed by atoms with E-state index in [0.29, 0.717) is 19.3 Å². The van der Waals surface area contributed by atoms with Crippen molar-refractivity contribution < 1.29 is 28.6 Å². The van der Waals surface area contributed by atoms with Gasteiger partial charge in [-0.15, -0.1) is 0 Å². The second kappa shape index (κ2) is 69.6. The number of hydrogen-bond donors (Lipinski definition) is 0. The van der Waals surface area contributed by atoms with Gasteiger partial charge < -0.3 is 14.2 Å². The molecule has 80 heavy (non-hydrogen) atoms. The maximum Gasteiger partial charge on any atom is 0.306 e. The molecule has 0 aliphatic rings. The smallest absolute Gasteiger partial charge is 0.306 e. The zero-order chi connectivity index (χ0) is 57.8. The summed E-state index contributed by atoms with van der Waals surface area (Å²) in [7, 11) is 0. The summed E-state index contributed by atoms with van der Waals surface area (Å²) in [6, 6.07) is 0. The third-order valence-electron chi connectivity index (χ3n) is 17.0. The molecule has 0 rings (SSSR count). The van der Waals surface area contributed by atoms with E-state index in [1.165, 1.54) is 327 Å². The van der Waals surface area contributed by atoms with Crippen molar-refractivity contribution in [1.29, 1.82) is 0 Å². The van der Waals surface area contributed by atoms with E-state index in [9.17, 15) is 14.4 Å². The molecule has 6 heteroatoms. The summed E-state index contributed by atoms with van der Waals surface area (Å²) in [5.74, 6) is -0.826. The highest BCUT2D eigenvalue weighted by atomic mass is 16.6. The molecule has 0 heterocycles. The molecule has 0 bridgehead atoms. The van der Waals surface area contributed by atoms with Crippen molar-refractivity contribution in [1.82, 2.24) is 0 Å². The summed E-state index contributed by atoms with van der Waals surface area (Å²) in [5, 5.41) is 0. The summed E-state index contributed by atoms with van der Waals surface area (Å²) in [4.78, 5) is 38.3. The first-order valence-electron chi connectivity index (χ1n) is 36.7. The molecule has 0 amide bonds. The molecule has 0 aromatic heterocycles. The van der Waals surface area contributed by atoms with Gasteiger partial charge in [-0.2, -0.15) is 0 Å². The van der Waals surface area contributed by atoms with Crippen LogP contribution in [0.1, 0.15) is 425 Å². The van der Waals surface area contributed by atoms with Gasteiger partial charge in [0.25, 0.3) is 0 Å². The van der Waals surface area contributed by atoms with Gasteiger partial charge in [-0.3, -0.25) is 14.4 Å². The summed E-state index contributed by atoms with van der Waals surface area (Å²) in [5.41, 5.74) is 0. The van der Waals surface area contributed by atoms with Crippen LogP contribution in [0, 0.1) is 0 Å². The summed E-state index contributed by atoms with van der Waals surface area (Å²) in [6.07, 6.45) is 84.1. The van der Waals surface area contributed by atoms with E-state index < -0.39 is 6.10 Å². The van der Waals surface area contributed by atoms with E-state index in [2.05, 4.69) is 32.9 Å². The summed E-state index contributed by atoms with van der Waals surface area (Å²) < 4.78 is 17.0. The molecule has 0 aliphatic carbocycles. The maximum absolute atomic E-state index is 12.9. The lowest BCUT2D eigenvalue weighted by Gasteiger charge is -2.18. The van der Waals surface area contributed by atoms with Crippen molar-refractivity contribution in [3.05, 3.63) is 12.2 Å². The van der Waals surface area contributed by atoms with E-state index >= 15 is 0 Å². The van der Waals surface area contributed by atoms with Gasteiger partial charge in [-0.1, -0.05) is 373 Å². The lowest BCUT2D eigenvalue weighted by Crippen LogP contribution is -2.30. The van der Waals surface area contributed by atoms with Gasteiger partial charge in [0.1, 0.15) is 13.2 Å². The molecule has 1 atom stereocenters. The second-order valence-corrected chi connectivity index (χ2v) is 25.2. The average molecular weight is 1130 g/mol. The minimum Gasteiger partial charge on any atom is -0.462 e. The van der Waals surface area contributed by atoms with Crippen LogP contribution in [-0.2, 0) is 28.6 Å². The number of ether oxygens (including phenoxy) is 3.